The van der Waals surface area contributed by atoms with Gasteiger partial charge in [-0.05, 0) is 73.6 Å². The average molecular weight is 302 g/mol. The maximum atomic E-state index is 6.25. The van der Waals surface area contributed by atoms with Crippen LogP contribution in [-0.4, -0.2) is 0 Å². The Labute approximate surface area is 130 Å². The smallest absolute Gasteiger partial charge is 0.128 e. The second-order valence-electron chi connectivity index (χ2n) is 5.71. The van der Waals surface area contributed by atoms with Crippen molar-refractivity contribution < 1.29 is 4.74 Å². The minimum absolute atomic E-state index is 0.0738. The molecule has 0 aliphatic heterocycles. The fourth-order valence-electron chi connectivity index (χ4n) is 2.85. The van der Waals surface area contributed by atoms with Crippen LogP contribution in [0.3, 0.4) is 0 Å². The number of fused-ring (bicyclic) bond motifs is 1. The van der Waals surface area contributed by atoms with E-state index >= 15 is 0 Å². The highest BCUT2D eigenvalue weighted by Gasteiger charge is 2.11. The predicted octanol–water partition coefficient (Wildman–Crippen LogP) is 5.03. The fraction of sp³-hybridized carbons (Fsp3) is 0.333. The van der Waals surface area contributed by atoms with Crippen molar-refractivity contribution in [3.63, 3.8) is 0 Å². The van der Waals surface area contributed by atoms with Crippen LogP contribution in [-0.2, 0) is 12.8 Å². The van der Waals surface area contributed by atoms with Gasteiger partial charge in [-0.3, -0.25) is 0 Å². The van der Waals surface area contributed by atoms with Gasteiger partial charge in [0.1, 0.15) is 11.5 Å². The summed E-state index contributed by atoms with van der Waals surface area (Å²) in [6, 6.07) is 12.0. The van der Waals surface area contributed by atoms with Crippen molar-refractivity contribution in [2.75, 3.05) is 0 Å². The van der Waals surface area contributed by atoms with Crippen molar-refractivity contribution in [3.05, 3.63) is 58.1 Å². The van der Waals surface area contributed by atoms with Crippen LogP contribution in [0.1, 0.15) is 42.5 Å². The Hall–Kier alpha value is -1.51. The first-order valence-corrected chi connectivity index (χ1v) is 7.86. The van der Waals surface area contributed by atoms with Gasteiger partial charge in [0.25, 0.3) is 0 Å². The molecule has 0 saturated carbocycles. The van der Waals surface area contributed by atoms with E-state index in [0.29, 0.717) is 5.02 Å². The molecular weight excluding hydrogens is 282 g/mol. The van der Waals surface area contributed by atoms with Crippen molar-refractivity contribution in [2.45, 2.75) is 38.6 Å². The highest BCUT2D eigenvalue weighted by molar-refractivity contribution is 6.31. The molecule has 1 aliphatic carbocycles. The highest BCUT2D eigenvalue weighted by atomic mass is 35.5. The van der Waals surface area contributed by atoms with Gasteiger partial charge in [0.15, 0.2) is 0 Å². The lowest BCUT2D eigenvalue weighted by Gasteiger charge is -2.17. The maximum absolute atomic E-state index is 6.25. The zero-order valence-electron chi connectivity index (χ0n) is 12.2. The first-order chi connectivity index (χ1) is 10.1. The summed E-state index contributed by atoms with van der Waals surface area (Å²) in [4.78, 5) is 0. The Bertz CT molecular complexity index is 652. The van der Waals surface area contributed by atoms with Crippen molar-refractivity contribution in [3.8, 4) is 11.5 Å². The molecule has 0 saturated heterocycles. The van der Waals surface area contributed by atoms with E-state index in [-0.39, 0.29) is 6.04 Å². The highest BCUT2D eigenvalue weighted by Crippen LogP contribution is 2.31. The first-order valence-electron chi connectivity index (χ1n) is 7.48. The van der Waals surface area contributed by atoms with Gasteiger partial charge in [0, 0.05) is 11.1 Å². The standard InChI is InChI=1S/C18H20ClNO/c1-12(20)17-9-8-16(11-18(17)19)21-15-7-6-13-4-2-3-5-14(13)10-15/h6-12H,2-5,20H2,1H3. The van der Waals surface area contributed by atoms with Gasteiger partial charge in [0.05, 0.1) is 0 Å². The van der Waals surface area contributed by atoms with Gasteiger partial charge in [-0.25, -0.2) is 0 Å². The molecule has 0 heterocycles. The van der Waals surface area contributed by atoms with Crippen molar-refractivity contribution >= 4 is 11.6 Å². The number of halogens is 1. The minimum atomic E-state index is -0.0738. The zero-order chi connectivity index (χ0) is 14.8. The normalized spacial score (nSPS) is 15.4. The van der Waals surface area contributed by atoms with E-state index in [0.717, 1.165) is 23.5 Å². The molecule has 1 unspecified atom stereocenters. The summed E-state index contributed by atoms with van der Waals surface area (Å²) in [5.41, 5.74) is 9.68. The van der Waals surface area contributed by atoms with Crippen LogP contribution in [0.4, 0.5) is 0 Å². The molecule has 2 aromatic carbocycles. The molecule has 2 nitrogen and oxygen atoms in total. The Morgan fingerprint density at radius 2 is 1.67 bits per heavy atom. The lowest BCUT2D eigenvalue weighted by Crippen LogP contribution is -2.05. The van der Waals surface area contributed by atoms with Crippen molar-refractivity contribution in [1.29, 1.82) is 0 Å². The van der Waals surface area contributed by atoms with Crippen molar-refractivity contribution in [1.82, 2.24) is 0 Å². The first kappa shape index (κ1) is 14.4. The van der Waals surface area contributed by atoms with Gasteiger partial charge in [-0.15, -0.1) is 0 Å². The second kappa shape index (κ2) is 6.08. The molecule has 21 heavy (non-hydrogen) atoms. The number of ether oxygens (including phenoxy) is 1. The summed E-state index contributed by atoms with van der Waals surface area (Å²) in [6.07, 6.45) is 4.90. The molecule has 1 aliphatic rings. The molecule has 0 aromatic heterocycles. The molecule has 0 spiro atoms. The number of rotatable bonds is 3. The number of hydrogen-bond donors (Lipinski definition) is 1. The van der Waals surface area contributed by atoms with E-state index in [9.17, 15) is 0 Å². The fourth-order valence-corrected chi connectivity index (χ4v) is 3.19. The summed E-state index contributed by atoms with van der Waals surface area (Å²) in [7, 11) is 0. The van der Waals surface area contributed by atoms with E-state index in [1.165, 1.54) is 30.4 Å². The Balaban J connectivity index is 1.82. The second-order valence-corrected chi connectivity index (χ2v) is 6.12. The van der Waals surface area contributed by atoms with Gasteiger partial charge in [-0.2, -0.15) is 0 Å². The van der Waals surface area contributed by atoms with E-state index in [2.05, 4.69) is 12.1 Å². The molecule has 110 valence electrons. The molecular formula is C18H20ClNO. The van der Waals surface area contributed by atoms with Crippen LogP contribution in [0.25, 0.3) is 0 Å². The largest absolute Gasteiger partial charge is 0.457 e. The molecule has 0 amide bonds. The van der Waals surface area contributed by atoms with Crippen LogP contribution in [0.15, 0.2) is 36.4 Å². The van der Waals surface area contributed by atoms with Crippen LogP contribution in [0, 0.1) is 0 Å². The van der Waals surface area contributed by atoms with Crippen LogP contribution >= 0.6 is 11.6 Å². The quantitative estimate of drug-likeness (QED) is 0.863. The summed E-state index contributed by atoms with van der Waals surface area (Å²) >= 11 is 6.25. The van der Waals surface area contributed by atoms with E-state index in [4.69, 9.17) is 22.1 Å². The third kappa shape index (κ3) is 3.22. The van der Waals surface area contributed by atoms with Crippen LogP contribution < -0.4 is 10.5 Å². The molecule has 0 fully saturated rings. The third-order valence-electron chi connectivity index (χ3n) is 4.02. The van der Waals surface area contributed by atoms with E-state index < -0.39 is 0 Å². The topological polar surface area (TPSA) is 35.2 Å². The van der Waals surface area contributed by atoms with E-state index in [1.807, 2.05) is 31.2 Å². The molecule has 3 heteroatoms. The summed E-state index contributed by atoms with van der Waals surface area (Å²) in [6.45, 7) is 1.92. The van der Waals surface area contributed by atoms with Crippen LogP contribution in [0.2, 0.25) is 5.02 Å². The Morgan fingerprint density at radius 1 is 1.00 bits per heavy atom. The SMILES string of the molecule is CC(N)c1ccc(Oc2ccc3c(c2)CCCC3)cc1Cl. The monoisotopic (exact) mass is 301 g/mol. The summed E-state index contributed by atoms with van der Waals surface area (Å²) in [5, 5.41) is 0.653. The summed E-state index contributed by atoms with van der Waals surface area (Å²) < 4.78 is 5.93. The number of hydrogen-bond acceptors (Lipinski definition) is 2. The predicted molar refractivity (Wildman–Crippen MR) is 87.2 cm³/mol. The molecule has 2 aromatic rings. The molecule has 0 bridgehead atoms. The number of nitrogens with two attached hydrogens (primary N) is 1. The van der Waals surface area contributed by atoms with Crippen LogP contribution in [0.5, 0.6) is 11.5 Å². The van der Waals surface area contributed by atoms with E-state index in [1.54, 1.807) is 0 Å². The van der Waals surface area contributed by atoms with Gasteiger partial charge in [-0.1, -0.05) is 23.7 Å². The molecule has 0 radical (unpaired) electrons. The third-order valence-corrected chi connectivity index (χ3v) is 4.35. The molecule has 1 atom stereocenters. The van der Waals surface area contributed by atoms with Crippen molar-refractivity contribution in [2.24, 2.45) is 5.73 Å². The minimum Gasteiger partial charge on any atom is -0.457 e. The Morgan fingerprint density at radius 3 is 2.38 bits per heavy atom. The molecule has 2 N–H and O–H groups in total. The molecule has 3 rings (SSSR count). The average Bonchev–Trinajstić information content (AvgIpc) is 2.47. The maximum Gasteiger partial charge on any atom is 0.128 e. The summed E-state index contributed by atoms with van der Waals surface area (Å²) in [5.74, 6) is 1.63. The Kier molecular flexibility index (Phi) is 4.18. The number of benzene rings is 2. The zero-order valence-corrected chi connectivity index (χ0v) is 13.0. The van der Waals surface area contributed by atoms with Gasteiger partial charge >= 0.3 is 0 Å². The lowest BCUT2D eigenvalue weighted by atomic mass is 9.92. The van der Waals surface area contributed by atoms with Gasteiger partial charge in [0.2, 0.25) is 0 Å². The number of aryl methyl sites for hydroxylation is 2. The lowest BCUT2D eigenvalue weighted by molar-refractivity contribution is 0.480. The van der Waals surface area contributed by atoms with Gasteiger partial charge < -0.3 is 10.5 Å².